The first kappa shape index (κ1) is 11.4. The minimum atomic E-state index is 0.520. The van der Waals surface area contributed by atoms with Crippen molar-refractivity contribution in [1.29, 1.82) is 0 Å². The second kappa shape index (κ2) is 5.32. The minimum Gasteiger partial charge on any atom is -0.368 e. The van der Waals surface area contributed by atoms with Crippen LogP contribution in [0.4, 0.5) is 5.69 Å². The van der Waals surface area contributed by atoms with Gasteiger partial charge in [0, 0.05) is 24.0 Å². The molecule has 84 valence electrons. The number of thiophene rings is 1. The first-order chi connectivity index (χ1) is 7.81. The number of hydrogen-bond acceptors (Lipinski definition) is 3. The average molecular weight is 253 g/mol. The second-order valence-electron chi connectivity index (χ2n) is 3.57. The molecule has 0 aromatic carbocycles. The molecule has 16 heavy (non-hydrogen) atoms. The van der Waals surface area contributed by atoms with Gasteiger partial charge >= 0.3 is 0 Å². The molecule has 0 bridgehead atoms. The maximum Gasteiger partial charge on any atom is 0.0598 e. The van der Waals surface area contributed by atoms with E-state index in [0.29, 0.717) is 5.88 Å². The maximum absolute atomic E-state index is 5.91. The molecule has 0 fully saturated rings. The summed E-state index contributed by atoms with van der Waals surface area (Å²) < 4.78 is 0. The van der Waals surface area contributed by atoms with Crippen LogP contribution in [0, 0.1) is 0 Å². The molecule has 2 rings (SSSR count). The third kappa shape index (κ3) is 2.54. The molecule has 4 heteroatoms. The molecule has 0 saturated heterocycles. The Balaban J connectivity index is 2.17. The molecule has 2 aromatic rings. The SMILES string of the molecule is CN(Cc1cccs1)c1cnccc1CCl. The van der Waals surface area contributed by atoms with E-state index in [1.54, 1.807) is 17.5 Å². The molecular weight excluding hydrogens is 240 g/mol. The Hall–Kier alpha value is -1.06. The molecule has 0 aliphatic rings. The van der Waals surface area contributed by atoms with Crippen LogP contribution in [0.5, 0.6) is 0 Å². The zero-order valence-corrected chi connectivity index (χ0v) is 10.6. The maximum atomic E-state index is 5.91. The van der Waals surface area contributed by atoms with Gasteiger partial charge in [0.05, 0.1) is 18.4 Å². The normalized spacial score (nSPS) is 10.4. The Kier molecular flexibility index (Phi) is 3.80. The van der Waals surface area contributed by atoms with Gasteiger partial charge in [0.25, 0.3) is 0 Å². The Bertz CT molecular complexity index is 442. The van der Waals surface area contributed by atoms with Crippen molar-refractivity contribution in [2.24, 2.45) is 0 Å². The van der Waals surface area contributed by atoms with E-state index in [4.69, 9.17) is 11.6 Å². The van der Waals surface area contributed by atoms with Crippen LogP contribution in [0.25, 0.3) is 0 Å². The van der Waals surface area contributed by atoms with E-state index in [9.17, 15) is 0 Å². The number of pyridine rings is 1. The van der Waals surface area contributed by atoms with Crippen molar-refractivity contribution in [3.8, 4) is 0 Å². The lowest BCUT2D eigenvalue weighted by Crippen LogP contribution is -2.17. The quantitative estimate of drug-likeness (QED) is 0.774. The van der Waals surface area contributed by atoms with Crippen LogP contribution < -0.4 is 4.90 Å². The van der Waals surface area contributed by atoms with E-state index in [-0.39, 0.29) is 0 Å². The summed E-state index contributed by atoms with van der Waals surface area (Å²) in [6.07, 6.45) is 3.64. The molecule has 0 aliphatic heterocycles. The smallest absolute Gasteiger partial charge is 0.0598 e. The van der Waals surface area contributed by atoms with Gasteiger partial charge in [0.1, 0.15) is 0 Å². The Morgan fingerprint density at radius 3 is 3.00 bits per heavy atom. The van der Waals surface area contributed by atoms with E-state index in [1.807, 2.05) is 12.3 Å². The Labute approximate surface area is 105 Å². The van der Waals surface area contributed by atoms with Crippen molar-refractivity contribution < 1.29 is 0 Å². The van der Waals surface area contributed by atoms with E-state index in [1.165, 1.54) is 4.88 Å². The van der Waals surface area contributed by atoms with Gasteiger partial charge in [0.15, 0.2) is 0 Å². The zero-order chi connectivity index (χ0) is 11.4. The largest absolute Gasteiger partial charge is 0.368 e. The molecule has 0 N–H and O–H groups in total. The van der Waals surface area contributed by atoms with Crippen molar-refractivity contribution in [2.45, 2.75) is 12.4 Å². The first-order valence-electron chi connectivity index (χ1n) is 5.03. The van der Waals surface area contributed by atoms with Gasteiger partial charge in [-0.05, 0) is 23.1 Å². The van der Waals surface area contributed by atoms with E-state index < -0.39 is 0 Å². The van der Waals surface area contributed by atoms with Crippen molar-refractivity contribution in [3.05, 3.63) is 46.4 Å². The summed E-state index contributed by atoms with van der Waals surface area (Å²) >= 11 is 7.67. The summed E-state index contributed by atoms with van der Waals surface area (Å²) in [5.41, 5.74) is 2.22. The molecule has 2 nitrogen and oxygen atoms in total. The van der Waals surface area contributed by atoms with Crippen molar-refractivity contribution in [1.82, 2.24) is 4.98 Å². The lowest BCUT2D eigenvalue weighted by atomic mass is 10.2. The monoisotopic (exact) mass is 252 g/mol. The van der Waals surface area contributed by atoms with Crippen molar-refractivity contribution in [2.75, 3.05) is 11.9 Å². The Morgan fingerprint density at radius 1 is 1.44 bits per heavy atom. The third-order valence-corrected chi connectivity index (χ3v) is 3.57. The second-order valence-corrected chi connectivity index (χ2v) is 4.87. The van der Waals surface area contributed by atoms with Crippen LogP contribution in [0.1, 0.15) is 10.4 Å². The van der Waals surface area contributed by atoms with E-state index >= 15 is 0 Å². The van der Waals surface area contributed by atoms with E-state index in [0.717, 1.165) is 17.8 Å². The fourth-order valence-corrected chi connectivity index (χ4v) is 2.58. The van der Waals surface area contributed by atoms with Gasteiger partial charge in [0.2, 0.25) is 0 Å². The Morgan fingerprint density at radius 2 is 2.31 bits per heavy atom. The van der Waals surface area contributed by atoms with Gasteiger partial charge in [-0.1, -0.05) is 6.07 Å². The molecule has 2 heterocycles. The van der Waals surface area contributed by atoms with Crippen LogP contribution in [0.3, 0.4) is 0 Å². The molecule has 2 aromatic heterocycles. The summed E-state index contributed by atoms with van der Waals surface area (Å²) in [6.45, 7) is 0.896. The molecule has 0 unspecified atom stereocenters. The minimum absolute atomic E-state index is 0.520. The fraction of sp³-hybridized carbons (Fsp3) is 0.250. The standard InChI is InChI=1S/C12H13ClN2S/c1-15(9-11-3-2-6-16-11)12-8-14-5-4-10(12)7-13/h2-6,8H,7,9H2,1H3. The van der Waals surface area contributed by atoms with Crippen LogP contribution in [-0.2, 0) is 12.4 Å². The lowest BCUT2D eigenvalue weighted by molar-refractivity contribution is 0.925. The van der Waals surface area contributed by atoms with Crippen molar-refractivity contribution >= 4 is 28.6 Å². The van der Waals surface area contributed by atoms with E-state index in [2.05, 4.69) is 34.4 Å². The highest BCUT2D eigenvalue weighted by Crippen LogP contribution is 2.22. The highest BCUT2D eigenvalue weighted by Gasteiger charge is 2.07. The third-order valence-electron chi connectivity index (χ3n) is 2.42. The number of rotatable bonds is 4. The molecule has 0 spiro atoms. The van der Waals surface area contributed by atoms with Gasteiger partial charge in [-0.3, -0.25) is 4.98 Å². The van der Waals surface area contributed by atoms with Crippen LogP contribution >= 0.6 is 22.9 Å². The summed E-state index contributed by atoms with van der Waals surface area (Å²) in [5.74, 6) is 0.520. The molecule has 0 saturated carbocycles. The predicted octanol–water partition coefficient (Wildman–Crippen LogP) is 3.52. The number of halogens is 1. The summed E-state index contributed by atoms with van der Waals surface area (Å²) in [7, 11) is 2.06. The number of alkyl halides is 1. The van der Waals surface area contributed by atoms with Gasteiger partial charge in [-0.15, -0.1) is 22.9 Å². The lowest BCUT2D eigenvalue weighted by Gasteiger charge is -2.20. The highest BCUT2D eigenvalue weighted by molar-refractivity contribution is 7.09. The number of aromatic nitrogens is 1. The van der Waals surface area contributed by atoms with Crippen LogP contribution in [-0.4, -0.2) is 12.0 Å². The summed E-state index contributed by atoms with van der Waals surface area (Å²) in [6, 6.07) is 6.17. The highest BCUT2D eigenvalue weighted by atomic mass is 35.5. The summed E-state index contributed by atoms with van der Waals surface area (Å²) in [4.78, 5) is 7.66. The van der Waals surface area contributed by atoms with Gasteiger partial charge < -0.3 is 4.90 Å². The predicted molar refractivity (Wildman–Crippen MR) is 70.2 cm³/mol. The van der Waals surface area contributed by atoms with Crippen LogP contribution in [0.2, 0.25) is 0 Å². The zero-order valence-electron chi connectivity index (χ0n) is 9.06. The number of anilines is 1. The molecule has 0 atom stereocenters. The number of nitrogens with zero attached hydrogens (tertiary/aromatic N) is 2. The topological polar surface area (TPSA) is 16.1 Å². The fourth-order valence-electron chi connectivity index (χ4n) is 1.59. The summed E-state index contributed by atoms with van der Waals surface area (Å²) in [5, 5.41) is 2.09. The molecule has 0 amide bonds. The average Bonchev–Trinajstić information content (AvgIpc) is 2.81. The van der Waals surface area contributed by atoms with Crippen LogP contribution in [0.15, 0.2) is 36.0 Å². The molecular formula is C12H13ClN2S. The molecule has 0 radical (unpaired) electrons. The number of hydrogen-bond donors (Lipinski definition) is 0. The van der Waals surface area contributed by atoms with Crippen molar-refractivity contribution in [3.63, 3.8) is 0 Å². The van der Waals surface area contributed by atoms with Gasteiger partial charge in [-0.2, -0.15) is 0 Å². The first-order valence-corrected chi connectivity index (χ1v) is 6.45. The molecule has 0 aliphatic carbocycles. The van der Waals surface area contributed by atoms with Gasteiger partial charge in [-0.25, -0.2) is 0 Å².